The fraction of sp³-hybridized carbons (Fsp3) is 0.556. The lowest BCUT2D eigenvalue weighted by Gasteiger charge is -2.12. The molecule has 0 saturated heterocycles. The predicted octanol–water partition coefficient (Wildman–Crippen LogP) is 2.97. The van der Waals surface area contributed by atoms with Crippen LogP contribution in [0.25, 0.3) is 0 Å². The van der Waals surface area contributed by atoms with E-state index in [1.54, 1.807) is 25.3 Å². The third-order valence-electron chi connectivity index (χ3n) is 4.29. The van der Waals surface area contributed by atoms with Crippen LogP contribution in [-0.4, -0.2) is 32.1 Å². The summed E-state index contributed by atoms with van der Waals surface area (Å²) in [4.78, 5) is 24.3. The zero-order chi connectivity index (χ0) is 16.5. The minimum atomic E-state index is -0.200. The Labute approximate surface area is 137 Å². The number of nitrogens with one attached hydrogen (secondary N) is 2. The maximum Gasteiger partial charge on any atom is 0.253 e. The fourth-order valence-electron chi connectivity index (χ4n) is 3.00. The lowest BCUT2D eigenvalue weighted by Crippen LogP contribution is -2.28. The molecule has 1 saturated carbocycles. The van der Waals surface area contributed by atoms with Gasteiger partial charge in [-0.15, -0.1) is 0 Å². The molecule has 0 heterocycles. The van der Waals surface area contributed by atoms with Crippen LogP contribution in [0.5, 0.6) is 0 Å². The zero-order valence-electron chi connectivity index (χ0n) is 13.8. The van der Waals surface area contributed by atoms with Crippen LogP contribution >= 0.6 is 0 Å². The van der Waals surface area contributed by atoms with E-state index in [1.165, 1.54) is 25.7 Å². The lowest BCUT2D eigenvalue weighted by molar-refractivity contribution is -0.116. The Balaban J connectivity index is 1.88. The van der Waals surface area contributed by atoms with Gasteiger partial charge in [0.15, 0.2) is 0 Å². The summed E-state index contributed by atoms with van der Waals surface area (Å²) >= 11 is 0. The maximum atomic E-state index is 12.2. The molecule has 0 aliphatic heterocycles. The first-order chi connectivity index (χ1) is 11.2. The van der Waals surface area contributed by atoms with Crippen molar-refractivity contribution in [1.82, 2.24) is 5.32 Å². The van der Waals surface area contributed by atoms with Crippen LogP contribution in [0.4, 0.5) is 5.69 Å². The third kappa shape index (κ3) is 5.67. The topological polar surface area (TPSA) is 67.4 Å². The largest absolute Gasteiger partial charge is 0.383 e. The molecule has 1 aromatic rings. The van der Waals surface area contributed by atoms with Gasteiger partial charge >= 0.3 is 0 Å². The van der Waals surface area contributed by atoms with Crippen LogP contribution in [0.15, 0.2) is 24.3 Å². The number of carbonyl (C=O) groups is 2. The van der Waals surface area contributed by atoms with Gasteiger partial charge in [0.2, 0.25) is 5.91 Å². The molecule has 1 fully saturated rings. The van der Waals surface area contributed by atoms with Crippen molar-refractivity contribution in [2.75, 3.05) is 25.6 Å². The average Bonchev–Trinajstić information content (AvgIpc) is 3.07. The third-order valence-corrected chi connectivity index (χ3v) is 4.29. The molecule has 0 bridgehead atoms. The second-order valence-corrected chi connectivity index (χ2v) is 6.03. The molecule has 2 N–H and O–H groups in total. The molecule has 0 aromatic heterocycles. The highest BCUT2D eigenvalue weighted by Crippen LogP contribution is 2.28. The van der Waals surface area contributed by atoms with Gasteiger partial charge in [-0.2, -0.15) is 0 Å². The summed E-state index contributed by atoms with van der Waals surface area (Å²) in [5, 5.41) is 5.65. The van der Waals surface area contributed by atoms with Gasteiger partial charge in [0.1, 0.15) is 0 Å². The highest BCUT2D eigenvalue weighted by molar-refractivity contribution is 6.03. The van der Waals surface area contributed by atoms with Gasteiger partial charge in [-0.25, -0.2) is 0 Å². The van der Waals surface area contributed by atoms with Gasteiger partial charge in [-0.05, 0) is 24.5 Å². The normalized spacial score (nSPS) is 14.7. The first kappa shape index (κ1) is 17.5. The van der Waals surface area contributed by atoms with Gasteiger partial charge in [-0.3, -0.25) is 9.59 Å². The molecule has 1 aromatic carbocycles. The number of hydrogen-bond acceptors (Lipinski definition) is 3. The molecule has 0 unspecified atom stereocenters. The number of hydrogen-bond donors (Lipinski definition) is 2. The lowest BCUT2D eigenvalue weighted by atomic mass is 10.0. The molecule has 1 aliphatic rings. The monoisotopic (exact) mass is 318 g/mol. The first-order valence-corrected chi connectivity index (χ1v) is 8.36. The van der Waals surface area contributed by atoms with Crippen molar-refractivity contribution in [3.63, 3.8) is 0 Å². The van der Waals surface area contributed by atoms with Gasteiger partial charge in [0.25, 0.3) is 5.91 Å². The standard InChI is InChI=1S/C18H26N2O3/c1-23-13-12-19-18(22)15-8-4-5-9-16(15)20-17(21)11-10-14-6-2-3-7-14/h4-5,8-9,14H,2-3,6-7,10-13H2,1H3,(H,19,22)(H,20,21). The van der Waals surface area contributed by atoms with Crippen molar-refractivity contribution in [3.05, 3.63) is 29.8 Å². The Morgan fingerprint density at radius 2 is 1.96 bits per heavy atom. The second-order valence-electron chi connectivity index (χ2n) is 6.03. The Kier molecular flexibility index (Phi) is 7.07. The molecule has 0 spiro atoms. The van der Waals surface area contributed by atoms with E-state index in [0.29, 0.717) is 36.7 Å². The van der Waals surface area contributed by atoms with E-state index < -0.39 is 0 Å². The van der Waals surface area contributed by atoms with E-state index in [4.69, 9.17) is 4.74 Å². The molecule has 126 valence electrons. The molecule has 2 amide bonds. The number of methoxy groups -OCH3 is 1. The summed E-state index contributed by atoms with van der Waals surface area (Å²) in [7, 11) is 1.59. The number of ether oxygens (including phenoxy) is 1. The van der Waals surface area contributed by atoms with E-state index in [-0.39, 0.29) is 11.8 Å². The number of anilines is 1. The van der Waals surface area contributed by atoms with Crippen LogP contribution in [0.2, 0.25) is 0 Å². The van der Waals surface area contributed by atoms with Crippen LogP contribution in [0.3, 0.4) is 0 Å². The molecule has 2 rings (SSSR count). The van der Waals surface area contributed by atoms with Gasteiger partial charge in [0, 0.05) is 20.1 Å². The summed E-state index contributed by atoms with van der Waals surface area (Å²) < 4.78 is 4.92. The van der Waals surface area contributed by atoms with Crippen LogP contribution in [0, 0.1) is 5.92 Å². The Morgan fingerprint density at radius 3 is 2.70 bits per heavy atom. The molecule has 0 radical (unpaired) electrons. The molecular formula is C18H26N2O3. The van der Waals surface area contributed by atoms with Crippen LogP contribution in [0.1, 0.15) is 48.9 Å². The zero-order valence-corrected chi connectivity index (χ0v) is 13.8. The van der Waals surface area contributed by atoms with Crippen molar-refractivity contribution in [3.8, 4) is 0 Å². The van der Waals surface area contributed by atoms with E-state index in [9.17, 15) is 9.59 Å². The van der Waals surface area contributed by atoms with E-state index in [0.717, 1.165) is 6.42 Å². The van der Waals surface area contributed by atoms with Crippen molar-refractivity contribution in [1.29, 1.82) is 0 Å². The van der Waals surface area contributed by atoms with E-state index in [1.807, 2.05) is 6.07 Å². The quantitative estimate of drug-likeness (QED) is 0.724. The van der Waals surface area contributed by atoms with Crippen molar-refractivity contribution in [2.24, 2.45) is 5.92 Å². The summed E-state index contributed by atoms with van der Waals surface area (Å²) in [6.07, 6.45) is 6.52. The molecule has 23 heavy (non-hydrogen) atoms. The Hall–Kier alpha value is -1.88. The smallest absolute Gasteiger partial charge is 0.253 e. The van der Waals surface area contributed by atoms with E-state index >= 15 is 0 Å². The SMILES string of the molecule is COCCNC(=O)c1ccccc1NC(=O)CCC1CCCC1. The Morgan fingerprint density at radius 1 is 1.22 bits per heavy atom. The number of para-hydroxylation sites is 1. The number of benzene rings is 1. The maximum absolute atomic E-state index is 12.2. The number of amides is 2. The number of rotatable bonds is 8. The highest BCUT2D eigenvalue weighted by atomic mass is 16.5. The van der Waals surface area contributed by atoms with Crippen molar-refractivity contribution < 1.29 is 14.3 Å². The molecule has 0 atom stereocenters. The van der Waals surface area contributed by atoms with Gasteiger partial charge in [0.05, 0.1) is 17.9 Å². The Bertz CT molecular complexity index is 525. The summed E-state index contributed by atoms with van der Waals surface area (Å²) in [6, 6.07) is 7.09. The van der Waals surface area contributed by atoms with Gasteiger partial charge < -0.3 is 15.4 Å². The minimum absolute atomic E-state index is 0.0194. The average molecular weight is 318 g/mol. The predicted molar refractivity (Wildman–Crippen MR) is 90.5 cm³/mol. The van der Waals surface area contributed by atoms with Crippen molar-refractivity contribution >= 4 is 17.5 Å². The minimum Gasteiger partial charge on any atom is -0.383 e. The molecule has 1 aliphatic carbocycles. The second kappa shape index (κ2) is 9.30. The molecular weight excluding hydrogens is 292 g/mol. The van der Waals surface area contributed by atoms with E-state index in [2.05, 4.69) is 10.6 Å². The molecule has 5 heteroatoms. The van der Waals surface area contributed by atoms with Crippen molar-refractivity contribution in [2.45, 2.75) is 38.5 Å². The summed E-state index contributed by atoms with van der Waals surface area (Å²) in [5.41, 5.74) is 1.05. The summed E-state index contributed by atoms with van der Waals surface area (Å²) in [5.74, 6) is 0.469. The molecule has 5 nitrogen and oxygen atoms in total. The van der Waals surface area contributed by atoms with Crippen LogP contribution in [-0.2, 0) is 9.53 Å². The first-order valence-electron chi connectivity index (χ1n) is 8.36. The fourth-order valence-corrected chi connectivity index (χ4v) is 3.00. The van der Waals surface area contributed by atoms with Gasteiger partial charge in [-0.1, -0.05) is 37.8 Å². The number of carbonyl (C=O) groups excluding carboxylic acids is 2. The van der Waals surface area contributed by atoms with Crippen LogP contribution < -0.4 is 10.6 Å². The highest BCUT2D eigenvalue weighted by Gasteiger charge is 2.17. The summed E-state index contributed by atoms with van der Waals surface area (Å²) in [6.45, 7) is 0.904.